The van der Waals surface area contributed by atoms with Crippen LogP contribution >= 0.6 is 15.9 Å². The minimum atomic E-state index is -0.283. The average molecular weight is 506 g/mol. The first-order valence-electron chi connectivity index (χ1n) is 11.5. The lowest BCUT2D eigenvalue weighted by Gasteiger charge is -2.36. The molecule has 1 atom stereocenters. The summed E-state index contributed by atoms with van der Waals surface area (Å²) in [6, 6.07) is 28.7. The van der Waals surface area contributed by atoms with Crippen molar-refractivity contribution in [1.82, 2.24) is 0 Å². The average Bonchev–Trinajstić information content (AvgIpc) is 3.15. The lowest BCUT2D eigenvalue weighted by atomic mass is 9.96. The number of quaternary nitrogens is 2. The van der Waals surface area contributed by atoms with E-state index < -0.39 is 0 Å². The number of anilines is 1. The number of rotatable bonds is 5. The molecule has 3 aromatic rings. The van der Waals surface area contributed by atoms with E-state index in [1.54, 1.807) is 0 Å². The summed E-state index contributed by atoms with van der Waals surface area (Å²) in [5, 5.41) is 0. The number of halogens is 1. The molecule has 0 aliphatic carbocycles. The molecule has 0 spiro atoms. The Bertz CT molecular complexity index is 1070. The summed E-state index contributed by atoms with van der Waals surface area (Å²) in [7, 11) is 0. The van der Waals surface area contributed by atoms with Crippen LogP contribution in [0.4, 0.5) is 5.69 Å². The predicted octanol–water partition coefficient (Wildman–Crippen LogP) is 1.65. The van der Waals surface area contributed by atoms with E-state index in [1.165, 1.54) is 25.8 Å². The Hall–Kier alpha value is -2.80. The fraction of sp³-hybridized carbons (Fsp3) is 0.259. The number of piperazine rings is 1. The van der Waals surface area contributed by atoms with Crippen LogP contribution < -0.4 is 14.7 Å². The number of carbonyl (C=O) groups is 2. The molecule has 5 rings (SSSR count). The molecule has 33 heavy (non-hydrogen) atoms. The van der Waals surface area contributed by atoms with E-state index in [9.17, 15) is 9.59 Å². The van der Waals surface area contributed by atoms with Gasteiger partial charge in [0.2, 0.25) is 5.91 Å². The van der Waals surface area contributed by atoms with Crippen LogP contribution in [0, 0.1) is 0 Å². The Labute approximate surface area is 202 Å². The third-order valence-corrected chi connectivity index (χ3v) is 7.46. The summed E-state index contributed by atoms with van der Waals surface area (Å²) in [6.07, 6.45) is 0.292. The largest absolute Gasteiger partial charge is 0.316 e. The number of hydrogen-bond acceptors (Lipinski definition) is 2. The number of benzene rings is 3. The lowest BCUT2D eigenvalue weighted by Crippen LogP contribution is -3.30. The first-order chi connectivity index (χ1) is 16.1. The van der Waals surface area contributed by atoms with Gasteiger partial charge in [0.15, 0.2) is 6.04 Å². The van der Waals surface area contributed by atoms with Crippen LogP contribution in [0.1, 0.15) is 23.6 Å². The van der Waals surface area contributed by atoms with Crippen molar-refractivity contribution in [3.63, 3.8) is 0 Å². The molecule has 2 amide bonds. The second-order valence-corrected chi connectivity index (χ2v) is 9.79. The van der Waals surface area contributed by atoms with Gasteiger partial charge in [0.1, 0.15) is 32.2 Å². The molecule has 6 heteroatoms. The van der Waals surface area contributed by atoms with Gasteiger partial charge in [-0.2, -0.15) is 0 Å². The number of nitrogens with one attached hydrogen (secondary N) is 2. The molecule has 0 radical (unpaired) electrons. The Morgan fingerprint density at radius 2 is 1.30 bits per heavy atom. The number of hydrogen-bond donors (Lipinski definition) is 2. The summed E-state index contributed by atoms with van der Waals surface area (Å²) < 4.78 is 0.929. The van der Waals surface area contributed by atoms with E-state index in [2.05, 4.69) is 76.6 Å². The fourth-order valence-corrected chi connectivity index (χ4v) is 5.56. The standard InChI is InChI=1S/C27H26BrN3O2/c28-22-11-13-23(14-12-22)31-25(32)19-24(27(31)33)29-15-17-30(18-16-29)26(20-7-3-1-4-8-20)21-9-5-2-6-10-21/h1-14,24,26H,15-19H2/p+2/t24-/m1/s1. The molecule has 2 aliphatic heterocycles. The van der Waals surface area contributed by atoms with E-state index in [1.807, 2.05) is 24.3 Å². The number of imide groups is 1. The van der Waals surface area contributed by atoms with Crippen LogP contribution in [0.15, 0.2) is 89.4 Å². The van der Waals surface area contributed by atoms with E-state index in [-0.39, 0.29) is 23.9 Å². The molecule has 2 aliphatic rings. The molecule has 0 saturated carbocycles. The highest BCUT2D eigenvalue weighted by molar-refractivity contribution is 9.10. The molecule has 3 aromatic carbocycles. The zero-order valence-corrected chi connectivity index (χ0v) is 20.0. The molecule has 2 N–H and O–H groups in total. The number of carbonyl (C=O) groups excluding carboxylic acids is 2. The van der Waals surface area contributed by atoms with Gasteiger partial charge >= 0.3 is 0 Å². The molecule has 5 nitrogen and oxygen atoms in total. The zero-order valence-electron chi connectivity index (χ0n) is 18.4. The number of amides is 2. The van der Waals surface area contributed by atoms with Crippen molar-refractivity contribution < 1.29 is 19.4 Å². The molecule has 0 unspecified atom stereocenters. The second-order valence-electron chi connectivity index (χ2n) is 8.87. The highest BCUT2D eigenvalue weighted by Crippen LogP contribution is 2.24. The Morgan fingerprint density at radius 3 is 1.85 bits per heavy atom. The maximum Gasteiger partial charge on any atom is 0.292 e. The molecular weight excluding hydrogens is 478 g/mol. The summed E-state index contributed by atoms with van der Waals surface area (Å²) in [6.45, 7) is 3.67. The molecule has 2 fully saturated rings. The van der Waals surface area contributed by atoms with Gasteiger partial charge in [-0.15, -0.1) is 0 Å². The lowest BCUT2D eigenvalue weighted by molar-refractivity contribution is -1.03. The number of nitrogens with zero attached hydrogens (tertiary/aromatic N) is 1. The van der Waals surface area contributed by atoms with Gasteiger partial charge < -0.3 is 9.80 Å². The van der Waals surface area contributed by atoms with Gasteiger partial charge in [0, 0.05) is 15.6 Å². The summed E-state index contributed by atoms with van der Waals surface area (Å²) >= 11 is 3.41. The van der Waals surface area contributed by atoms with Crippen LogP contribution in [0.25, 0.3) is 0 Å². The first kappa shape index (κ1) is 22.0. The fourth-order valence-electron chi connectivity index (χ4n) is 5.30. The Kier molecular flexibility index (Phi) is 6.40. The monoisotopic (exact) mass is 505 g/mol. The van der Waals surface area contributed by atoms with Gasteiger partial charge in [0.05, 0.1) is 12.1 Å². The first-order valence-corrected chi connectivity index (χ1v) is 12.3. The highest BCUT2D eigenvalue weighted by atomic mass is 79.9. The van der Waals surface area contributed by atoms with Crippen LogP contribution in [0.2, 0.25) is 0 Å². The van der Waals surface area contributed by atoms with Crippen LogP contribution in [-0.2, 0) is 9.59 Å². The van der Waals surface area contributed by atoms with Gasteiger partial charge in [-0.25, -0.2) is 4.90 Å². The summed E-state index contributed by atoms with van der Waals surface area (Å²) in [5.74, 6) is -0.163. The van der Waals surface area contributed by atoms with Crippen molar-refractivity contribution in [3.05, 3.63) is 101 Å². The SMILES string of the molecule is O=C1C[C@@H]([NH+]2CC[NH+](C(c3ccccc3)c3ccccc3)CC2)C(=O)N1c1ccc(Br)cc1. The molecule has 0 aromatic heterocycles. The smallest absolute Gasteiger partial charge is 0.292 e. The quantitative estimate of drug-likeness (QED) is 0.518. The summed E-state index contributed by atoms with van der Waals surface area (Å²) in [4.78, 5) is 30.1. The van der Waals surface area contributed by atoms with Crippen LogP contribution in [-0.4, -0.2) is 44.0 Å². The van der Waals surface area contributed by atoms with Gasteiger partial charge in [-0.3, -0.25) is 9.59 Å². The van der Waals surface area contributed by atoms with Crippen molar-refractivity contribution in [1.29, 1.82) is 0 Å². The predicted molar refractivity (Wildman–Crippen MR) is 131 cm³/mol. The van der Waals surface area contributed by atoms with Crippen LogP contribution in [0.5, 0.6) is 0 Å². The van der Waals surface area contributed by atoms with Gasteiger partial charge in [0.25, 0.3) is 5.91 Å². The summed E-state index contributed by atoms with van der Waals surface area (Å²) in [5.41, 5.74) is 3.29. The minimum Gasteiger partial charge on any atom is -0.316 e. The third-order valence-electron chi connectivity index (χ3n) is 6.93. The van der Waals surface area contributed by atoms with Crippen molar-refractivity contribution in [3.8, 4) is 0 Å². The second kappa shape index (κ2) is 9.59. The van der Waals surface area contributed by atoms with E-state index in [4.69, 9.17) is 0 Å². The van der Waals surface area contributed by atoms with E-state index >= 15 is 0 Å². The molecular formula is C27H28BrN3O2+2. The maximum absolute atomic E-state index is 13.2. The molecule has 0 bridgehead atoms. The van der Waals surface area contributed by atoms with Crippen LogP contribution in [0.3, 0.4) is 0 Å². The Morgan fingerprint density at radius 1 is 0.758 bits per heavy atom. The normalized spacial score (nSPS) is 23.3. The maximum atomic E-state index is 13.2. The van der Waals surface area contributed by atoms with E-state index in [0.29, 0.717) is 12.1 Å². The van der Waals surface area contributed by atoms with Gasteiger partial charge in [-0.1, -0.05) is 76.6 Å². The molecule has 2 saturated heterocycles. The highest BCUT2D eigenvalue weighted by Gasteiger charge is 2.47. The topological polar surface area (TPSA) is 46.3 Å². The van der Waals surface area contributed by atoms with E-state index in [0.717, 1.165) is 30.7 Å². The van der Waals surface area contributed by atoms with Crippen molar-refractivity contribution in [2.24, 2.45) is 0 Å². The third kappa shape index (κ3) is 4.51. The molecule has 168 valence electrons. The molecule has 2 heterocycles. The van der Waals surface area contributed by atoms with Gasteiger partial charge in [-0.05, 0) is 24.3 Å². The van der Waals surface area contributed by atoms with Crippen molar-refractivity contribution >= 4 is 33.4 Å². The van der Waals surface area contributed by atoms with Crippen molar-refractivity contribution in [2.75, 3.05) is 31.1 Å². The Balaban J connectivity index is 1.31. The zero-order chi connectivity index (χ0) is 22.8. The minimum absolute atomic E-state index is 0.0663. The van der Waals surface area contributed by atoms with Crippen molar-refractivity contribution in [2.45, 2.75) is 18.5 Å².